The smallest absolute Gasteiger partial charge is 0.475 e. The second-order valence-electron chi connectivity index (χ2n) is 4.55. The predicted molar refractivity (Wildman–Crippen MR) is 63.3 cm³/mol. The van der Waals surface area contributed by atoms with Gasteiger partial charge < -0.3 is 15.3 Å². The highest BCUT2D eigenvalue weighted by Gasteiger charge is 2.38. The Morgan fingerprint density at radius 2 is 2.00 bits per heavy atom. The Labute approximate surface area is 112 Å². The number of alkyl halides is 3. The van der Waals surface area contributed by atoms with Crippen LogP contribution in [0.4, 0.5) is 18.9 Å². The zero-order valence-corrected chi connectivity index (χ0v) is 10.3. The fourth-order valence-electron chi connectivity index (χ4n) is 2.32. The topological polar surface area (TPSA) is 78.3 Å². The average molecular weight is 290 g/mol. The second-order valence-corrected chi connectivity index (χ2v) is 4.55. The third-order valence-electron chi connectivity index (χ3n) is 3.18. The van der Waals surface area contributed by atoms with Crippen LogP contribution in [-0.2, 0) is 4.79 Å². The Bertz CT molecular complexity index is 468. The van der Waals surface area contributed by atoms with E-state index in [0.717, 1.165) is 18.8 Å². The van der Waals surface area contributed by atoms with Gasteiger partial charge >= 0.3 is 12.1 Å². The number of nitrogens with zero attached hydrogens (tertiary/aromatic N) is 3. The van der Waals surface area contributed by atoms with Crippen LogP contribution in [0.15, 0.2) is 18.7 Å². The number of aliphatic carboxylic acids is 1. The van der Waals surface area contributed by atoms with Crippen LogP contribution in [0.25, 0.3) is 0 Å². The van der Waals surface area contributed by atoms with Crippen LogP contribution in [0, 0.1) is 0 Å². The van der Waals surface area contributed by atoms with Gasteiger partial charge in [-0.2, -0.15) is 13.2 Å². The lowest BCUT2D eigenvalue weighted by atomic mass is 10.2. The summed E-state index contributed by atoms with van der Waals surface area (Å²) in [6.45, 7) is 2.22. The third kappa shape index (κ3) is 3.35. The fourth-order valence-corrected chi connectivity index (χ4v) is 2.32. The number of rotatable bonds is 1. The molecule has 0 amide bonds. The van der Waals surface area contributed by atoms with Crippen molar-refractivity contribution in [3.63, 3.8) is 0 Å². The van der Waals surface area contributed by atoms with E-state index >= 15 is 0 Å². The lowest BCUT2D eigenvalue weighted by Gasteiger charge is -2.28. The average Bonchev–Trinajstić information content (AvgIpc) is 3.01. The van der Waals surface area contributed by atoms with Gasteiger partial charge in [0, 0.05) is 25.2 Å². The number of aromatic nitrogens is 2. The first kappa shape index (κ1) is 14.5. The molecule has 2 saturated heterocycles. The van der Waals surface area contributed by atoms with Gasteiger partial charge in [0.15, 0.2) is 0 Å². The molecular formula is C11H13F3N4O2. The molecule has 1 aromatic heterocycles. The Balaban J connectivity index is 0.000000182. The van der Waals surface area contributed by atoms with Gasteiger partial charge in [-0.05, 0) is 6.42 Å². The van der Waals surface area contributed by atoms with Crippen molar-refractivity contribution in [2.24, 2.45) is 0 Å². The van der Waals surface area contributed by atoms with E-state index in [-0.39, 0.29) is 0 Å². The number of piperazine rings is 1. The monoisotopic (exact) mass is 290 g/mol. The third-order valence-corrected chi connectivity index (χ3v) is 3.18. The van der Waals surface area contributed by atoms with Gasteiger partial charge in [-0.1, -0.05) is 0 Å². The number of nitrogens with one attached hydrogen (secondary N) is 1. The molecule has 0 saturated carbocycles. The Kier molecular flexibility index (Phi) is 4.07. The summed E-state index contributed by atoms with van der Waals surface area (Å²) in [5.74, 6) is -2.76. The number of anilines is 1. The number of carboxylic acid groups (broad SMARTS) is 1. The molecular weight excluding hydrogens is 277 g/mol. The van der Waals surface area contributed by atoms with Crippen LogP contribution in [0.2, 0.25) is 0 Å². The number of carboxylic acids is 1. The number of carbonyl (C=O) groups is 1. The number of fused-ring (bicyclic) bond motifs is 2. The maximum absolute atomic E-state index is 10.6. The van der Waals surface area contributed by atoms with E-state index in [1.807, 2.05) is 12.4 Å². The molecule has 1 aromatic rings. The van der Waals surface area contributed by atoms with Crippen molar-refractivity contribution in [1.29, 1.82) is 0 Å². The van der Waals surface area contributed by atoms with Gasteiger partial charge in [-0.3, -0.25) is 0 Å². The molecule has 2 N–H and O–H groups in total. The van der Waals surface area contributed by atoms with Crippen molar-refractivity contribution in [2.45, 2.75) is 24.7 Å². The first-order chi connectivity index (χ1) is 9.38. The molecule has 20 heavy (non-hydrogen) atoms. The minimum Gasteiger partial charge on any atom is -0.475 e. The van der Waals surface area contributed by atoms with Gasteiger partial charge in [0.1, 0.15) is 6.33 Å². The number of hydrogen-bond donors (Lipinski definition) is 2. The molecule has 2 atom stereocenters. The molecule has 2 fully saturated rings. The maximum atomic E-state index is 10.6. The van der Waals surface area contributed by atoms with Gasteiger partial charge in [0.05, 0.1) is 18.1 Å². The molecule has 0 unspecified atom stereocenters. The molecule has 2 aliphatic heterocycles. The second kappa shape index (κ2) is 5.61. The highest BCUT2D eigenvalue weighted by atomic mass is 19.4. The largest absolute Gasteiger partial charge is 0.490 e. The van der Waals surface area contributed by atoms with Crippen molar-refractivity contribution in [3.8, 4) is 0 Å². The quantitative estimate of drug-likeness (QED) is 0.791. The van der Waals surface area contributed by atoms with Crippen molar-refractivity contribution in [1.82, 2.24) is 15.3 Å². The van der Waals surface area contributed by atoms with Gasteiger partial charge in [0.2, 0.25) is 0 Å². The molecule has 0 aromatic carbocycles. The highest BCUT2D eigenvalue weighted by molar-refractivity contribution is 5.73. The van der Waals surface area contributed by atoms with Crippen LogP contribution in [-0.4, -0.2) is 52.4 Å². The minimum absolute atomic E-state index is 0.663. The zero-order valence-electron chi connectivity index (χ0n) is 10.3. The normalized spacial score (nSPS) is 24.2. The van der Waals surface area contributed by atoms with Crippen molar-refractivity contribution < 1.29 is 23.1 Å². The van der Waals surface area contributed by atoms with Crippen LogP contribution in [0.1, 0.15) is 6.42 Å². The van der Waals surface area contributed by atoms with Crippen LogP contribution in [0.5, 0.6) is 0 Å². The molecule has 0 aliphatic carbocycles. The Hall–Kier alpha value is -1.90. The van der Waals surface area contributed by atoms with Crippen molar-refractivity contribution in [2.75, 3.05) is 18.0 Å². The van der Waals surface area contributed by atoms with E-state index in [4.69, 9.17) is 9.90 Å². The summed E-state index contributed by atoms with van der Waals surface area (Å²) >= 11 is 0. The summed E-state index contributed by atoms with van der Waals surface area (Å²) in [5, 5.41) is 10.6. The molecule has 110 valence electrons. The minimum atomic E-state index is -5.08. The first-order valence-corrected chi connectivity index (χ1v) is 5.93. The van der Waals surface area contributed by atoms with Gasteiger partial charge in [-0.15, -0.1) is 0 Å². The standard InChI is InChI=1S/C9H12N4.C2HF3O2/c1-7-5-13(8(1)4-12-7)9-2-10-6-11-3-9;3-2(4,5)1(6)7/h2-3,6-8,12H,1,4-5H2;(H,6,7)/t7-,8-;/m0./s1. The number of hydrogen-bond acceptors (Lipinski definition) is 5. The van der Waals surface area contributed by atoms with E-state index in [9.17, 15) is 13.2 Å². The molecule has 2 aliphatic rings. The van der Waals surface area contributed by atoms with E-state index in [1.165, 1.54) is 6.42 Å². The maximum Gasteiger partial charge on any atom is 0.490 e. The van der Waals surface area contributed by atoms with Crippen LogP contribution < -0.4 is 10.2 Å². The predicted octanol–water partition coefficient (Wildman–Crippen LogP) is 0.660. The zero-order chi connectivity index (χ0) is 14.8. The summed E-state index contributed by atoms with van der Waals surface area (Å²) < 4.78 is 31.7. The van der Waals surface area contributed by atoms with Crippen molar-refractivity contribution >= 4 is 11.7 Å². The summed E-state index contributed by atoms with van der Waals surface area (Å²) in [5.41, 5.74) is 1.16. The molecule has 9 heteroatoms. The van der Waals surface area contributed by atoms with E-state index in [0.29, 0.717) is 12.1 Å². The highest BCUT2D eigenvalue weighted by Crippen LogP contribution is 2.27. The SMILES string of the molecule is O=C(O)C(F)(F)F.c1ncc(N2C[C@@H]3C[C@H]2CN3)cn1. The summed E-state index contributed by atoms with van der Waals surface area (Å²) in [6.07, 6.45) is 1.56. The molecule has 6 nitrogen and oxygen atoms in total. The van der Waals surface area contributed by atoms with E-state index in [2.05, 4.69) is 20.2 Å². The van der Waals surface area contributed by atoms with E-state index < -0.39 is 12.1 Å². The molecule has 3 rings (SSSR count). The number of halogens is 3. The molecule has 0 spiro atoms. The fraction of sp³-hybridized carbons (Fsp3) is 0.545. The van der Waals surface area contributed by atoms with E-state index in [1.54, 1.807) is 6.33 Å². The summed E-state index contributed by atoms with van der Waals surface area (Å²) in [6, 6.07) is 1.35. The summed E-state index contributed by atoms with van der Waals surface area (Å²) in [4.78, 5) is 19.4. The molecule has 2 bridgehead atoms. The lowest BCUT2D eigenvalue weighted by molar-refractivity contribution is -0.192. The van der Waals surface area contributed by atoms with Gasteiger partial charge in [-0.25, -0.2) is 14.8 Å². The molecule has 3 heterocycles. The van der Waals surface area contributed by atoms with Crippen LogP contribution >= 0.6 is 0 Å². The van der Waals surface area contributed by atoms with Crippen LogP contribution in [0.3, 0.4) is 0 Å². The first-order valence-electron chi connectivity index (χ1n) is 5.93. The summed E-state index contributed by atoms with van der Waals surface area (Å²) in [7, 11) is 0. The Morgan fingerprint density at radius 3 is 2.40 bits per heavy atom. The lowest BCUT2D eigenvalue weighted by Crippen LogP contribution is -2.43. The molecule has 0 radical (unpaired) electrons. The van der Waals surface area contributed by atoms with Crippen molar-refractivity contribution in [3.05, 3.63) is 18.7 Å². The van der Waals surface area contributed by atoms with Gasteiger partial charge in [0.25, 0.3) is 0 Å². The Morgan fingerprint density at radius 1 is 1.40 bits per heavy atom.